The molecular weight excluding hydrogens is 289 g/mol. The number of rotatable bonds is 4. The van der Waals surface area contributed by atoms with Crippen molar-refractivity contribution in [2.75, 3.05) is 11.9 Å². The van der Waals surface area contributed by atoms with Crippen molar-refractivity contribution in [3.05, 3.63) is 64.4 Å². The minimum atomic E-state index is -0.404. The van der Waals surface area contributed by atoms with Gasteiger partial charge in [-0.3, -0.25) is 4.79 Å². The van der Waals surface area contributed by atoms with Gasteiger partial charge in [-0.25, -0.2) is 4.39 Å². The summed E-state index contributed by atoms with van der Waals surface area (Å²) in [6.07, 6.45) is 0. The molecule has 0 aliphatic rings. The van der Waals surface area contributed by atoms with Crippen molar-refractivity contribution in [2.45, 2.75) is 19.9 Å². The first kappa shape index (κ1) is 15.5. The molecule has 0 saturated carbocycles. The van der Waals surface area contributed by atoms with Gasteiger partial charge in [0.25, 0.3) is 0 Å². The van der Waals surface area contributed by atoms with Crippen LogP contribution in [0.3, 0.4) is 0 Å². The smallest absolute Gasteiger partial charge is 0.159 e. The molecule has 2 aromatic rings. The first-order valence-electron chi connectivity index (χ1n) is 6.69. The van der Waals surface area contributed by atoms with Gasteiger partial charge in [-0.05, 0) is 49.7 Å². The van der Waals surface area contributed by atoms with E-state index in [9.17, 15) is 9.18 Å². The van der Waals surface area contributed by atoms with Crippen LogP contribution in [0.15, 0.2) is 42.5 Å². The second-order valence-electron chi connectivity index (χ2n) is 5.06. The molecule has 0 fully saturated rings. The van der Waals surface area contributed by atoms with E-state index in [1.165, 1.54) is 13.0 Å². The number of carbonyl (C=O) groups is 1. The molecule has 1 atom stereocenters. The van der Waals surface area contributed by atoms with Gasteiger partial charge in [-0.2, -0.15) is 0 Å². The van der Waals surface area contributed by atoms with E-state index in [2.05, 4.69) is 0 Å². The zero-order chi connectivity index (χ0) is 15.6. The molecule has 1 unspecified atom stereocenters. The van der Waals surface area contributed by atoms with Gasteiger partial charge in [-0.1, -0.05) is 23.7 Å². The maximum Gasteiger partial charge on any atom is 0.159 e. The third-order valence-corrected chi connectivity index (χ3v) is 3.88. The average molecular weight is 306 g/mol. The highest BCUT2D eigenvalue weighted by Crippen LogP contribution is 2.29. The van der Waals surface area contributed by atoms with E-state index in [4.69, 9.17) is 11.6 Å². The van der Waals surface area contributed by atoms with Crippen LogP contribution in [-0.4, -0.2) is 12.8 Å². The molecule has 0 saturated heterocycles. The maximum absolute atomic E-state index is 14.2. The van der Waals surface area contributed by atoms with Crippen LogP contribution in [0.25, 0.3) is 0 Å². The normalized spacial score (nSPS) is 12.0. The highest BCUT2D eigenvalue weighted by atomic mass is 35.5. The van der Waals surface area contributed by atoms with E-state index in [1.54, 1.807) is 18.2 Å². The Morgan fingerprint density at radius 3 is 2.52 bits per heavy atom. The topological polar surface area (TPSA) is 20.3 Å². The molecule has 21 heavy (non-hydrogen) atoms. The Hall–Kier alpha value is -1.87. The van der Waals surface area contributed by atoms with Crippen LogP contribution in [0.5, 0.6) is 0 Å². The summed E-state index contributed by atoms with van der Waals surface area (Å²) < 4.78 is 14.2. The first-order valence-corrected chi connectivity index (χ1v) is 7.06. The van der Waals surface area contributed by atoms with Gasteiger partial charge in [0, 0.05) is 17.6 Å². The van der Waals surface area contributed by atoms with Crippen LogP contribution >= 0.6 is 11.6 Å². The van der Waals surface area contributed by atoms with Crippen LogP contribution in [0.1, 0.15) is 35.8 Å². The molecule has 0 bridgehead atoms. The van der Waals surface area contributed by atoms with Gasteiger partial charge in [0.2, 0.25) is 0 Å². The molecule has 2 nitrogen and oxygen atoms in total. The first-order chi connectivity index (χ1) is 9.90. The highest BCUT2D eigenvalue weighted by Gasteiger charge is 2.16. The number of carbonyl (C=O) groups excluding carboxylic acids is 1. The van der Waals surface area contributed by atoms with E-state index in [-0.39, 0.29) is 11.8 Å². The van der Waals surface area contributed by atoms with E-state index in [0.717, 1.165) is 5.56 Å². The highest BCUT2D eigenvalue weighted by molar-refractivity contribution is 6.30. The third kappa shape index (κ3) is 3.42. The molecule has 0 spiro atoms. The Balaban J connectivity index is 2.31. The molecule has 110 valence electrons. The molecule has 0 amide bonds. The standard InChI is InChI=1S/C17H17ClFNO/c1-11(13-5-4-6-15(18)9-13)20(3)17-8-7-14(12(2)21)10-16(17)19/h4-11H,1-3H3. The van der Waals surface area contributed by atoms with Crippen molar-refractivity contribution in [3.8, 4) is 0 Å². The lowest BCUT2D eigenvalue weighted by Crippen LogP contribution is -2.22. The van der Waals surface area contributed by atoms with Crippen molar-refractivity contribution in [1.29, 1.82) is 0 Å². The fourth-order valence-electron chi connectivity index (χ4n) is 2.21. The van der Waals surface area contributed by atoms with Crippen LogP contribution in [0.4, 0.5) is 10.1 Å². The van der Waals surface area contributed by atoms with E-state index in [0.29, 0.717) is 16.3 Å². The molecule has 0 aliphatic carbocycles. The average Bonchev–Trinajstić information content (AvgIpc) is 2.45. The number of ketones is 1. The Morgan fingerprint density at radius 1 is 1.24 bits per heavy atom. The monoisotopic (exact) mass is 305 g/mol. The lowest BCUT2D eigenvalue weighted by molar-refractivity contribution is 0.101. The zero-order valence-electron chi connectivity index (χ0n) is 12.2. The molecule has 2 rings (SSSR count). The van der Waals surface area contributed by atoms with Crippen LogP contribution in [0, 0.1) is 5.82 Å². The van der Waals surface area contributed by atoms with Crippen molar-refractivity contribution >= 4 is 23.1 Å². The summed E-state index contributed by atoms with van der Waals surface area (Å²) in [5.74, 6) is -0.551. The largest absolute Gasteiger partial charge is 0.365 e. The Morgan fingerprint density at radius 2 is 1.95 bits per heavy atom. The summed E-state index contributed by atoms with van der Waals surface area (Å²) in [7, 11) is 1.82. The summed E-state index contributed by atoms with van der Waals surface area (Å²) >= 11 is 6.00. The fraction of sp³-hybridized carbons (Fsp3) is 0.235. The fourth-order valence-corrected chi connectivity index (χ4v) is 2.41. The van der Waals surface area contributed by atoms with E-state index in [1.807, 2.05) is 37.1 Å². The Bertz CT molecular complexity index is 672. The number of Topliss-reactive ketones (excluding diaryl/α,β-unsaturated/α-hetero) is 1. The van der Waals surface area contributed by atoms with Crippen molar-refractivity contribution in [3.63, 3.8) is 0 Å². The van der Waals surface area contributed by atoms with Gasteiger partial charge >= 0.3 is 0 Å². The molecule has 0 aromatic heterocycles. The summed E-state index contributed by atoms with van der Waals surface area (Å²) in [5, 5.41) is 0.653. The van der Waals surface area contributed by atoms with Gasteiger partial charge in [0.1, 0.15) is 5.82 Å². The summed E-state index contributed by atoms with van der Waals surface area (Å²) in [6.45, 7) is 3.40. The van der Waals surface area contributed by atoms with Crippen LogP contribution in [0.2, 0.25) is 5.02 Å². The van der Waals surface area contributed by atoms with Crippen LogP contribution < -0.4 is 4.90 Å². The third-order valence-electron chi connectivity index (χ3n) is 3.65. The van der Waals surface area contributed by atoms with Gasteiger partial charge in [0.05, 0.1) is 11.7 Å². The SMILES string of the molecule is CC(=O)c1ccc(N(C)C(C)c2cccc(Cl)c2)c(F)c1. The minimum absolute atomic E-state index is 0.0404. The predicted molar refractivity (Wildman–Crippen MR) is 84.7 cm³/mol. The Kier molecular flexibility index (Phi) is 4.63. The van der Waals surface area contributed by atoms with Crippen LogP contribution in [-0.2, 0) is 0 Å². The van der Waals surface area contributed by atoms with Gasteiger partial charge in [-0.15, -0.1) is 0 Å². The second-order valence-corrected chi connectivity index (χ2v) is 5.50. The zero-order valence-corrected chi connectivity index (χ0v) is 13.0. The number of hydrogen-bond donors (Lipinski definition) is 0. The second kappa shape index (κ2) is 6.27. The number of hydrogen-bond acceptors (Lipinski definition) is 2. The van der Waals surface area contributed by atoms with E-state index >= 15 is 0 Å². The van der Waals surface area contributed by atoms with Crippen molar-refractivity contribution in [1.82, 2.24) is 0 Å². The summed E-state index contributed by atoms with van der Waals surface area (Å²) in [4.78, 5) is 13.1. The molecule has 0 aliphatic heterocycles. The summed E-state index contributed by atoms with van der Waals surface area (Å²) in [6, 6.07) is 12.0. The minimum Gasteiger partial charge on any atom is -0.365 e. The molecule has 2 aromatic carbocycles. The Labute approximate surface area is 129 Å². The lowest BCUT2D eigenvalue weighted by atomic mass is 10.1. The van der Waals surface area contributed by atoms with Gasteiger partial charge in [0.15, 0.2) is 5.78 Å². The quantitative estimate of drug-likeness (QED) is 0.750. The number of nitrogens with zero attached hydrogens (tertiary/aromatic N) is 1. The maximum atomic E-state index is 14.2. The van der Waals surface area contributed by atoms with E-state index < -0.39 is 5.82 Å². The predicted octanol–water partition coefficient (Wildman–Crippen LogP) is 4.88. The molecular formula is C17H17ClFNO. The number of anilines is 1. The molecule has 4 heteroatoms. The summed E-state index contributed by atoms with van der Waals surface area (Å²) in [5.41, 5.74) is 1.83. The molecule has 0 N–H and O–H groups in total. The number of benzene rings is 2. The lowest BCUT2D eigenvalue weighted by Gasteiger charge is -2.28. The van der Waals surface area contributed by atoms with Crippen molar-refractivity contribution < 1.29 is 9.18 Å². The van der Waals surface area contributed by atoms with Crippen molar-refractivity contribution in [2.24, 2.45) is 0 Å². The molecule has 0 heterocycles. The van der Waals surface area contributed by atoms with Gasteiger partial charge < -0.3 is 4.90 Å². The number of halogens is 2. The molecule has 0 radical (unpaired) electrons.